The minimum Gasteiger partial charge on any atom is -0.379 e. The molecule has 0 aliphatic carbocycles. The molecule has 0 fully saturated rings. The molecule has 1 amide bonds. The van der Waals surface area contributed by atoms with Crippen molar-refractivity contribution in [3.63, 3.8) is 0 Å². The molecule has 0 bridgehead atoms. The van der Waals surface area contributed by atoms with Gasteiger partial charge in [0.1, 0.15) is 10.6 Å². The Morgan fingerprint density at radius 1 is 0.971 bits per heavy atom. The first-order chi connectivity index (χ1) is 16.1. The number of nitrogens with zero attached hydrogens (tertiary/aromatic N) is 3. The number of nitro groups is 1. The number of hydrogen-bond donors (Lipinski definition) is 1. The first kappa shape index (κ1) is 22.7. The van der Waals surface area contributed by atoms with Crippen molar-refractivity contribution in [1.82, 2.24) is 9.13 Å². The second-order valence-corrected chi connectivity index (χ2v) is 8.92. The average Bonchev–Trinajstić information content (AvgIpc) is 3.03. The van der Waals surface area contributed by atoms with E-state index in [4.69, 9.17) is 4.18 Å². The monoisotopic (exact) mass is 482 g/mol. The maximum atomic E-state index is 12.6. The zero-order valence-corrected chi connectivity index (χ0v) is 18.8. The Kier molecular flexibility index (Phi) is 5.67. The highest BCUT2D eigenvalue weighted by atomic mass is 32.2. The summed E-state index contributed by atoms with van der Waals surface area (Å²) in [5.41, 5.74) is 1.52. The zero-order chi connectivity index (χ0) is 24.6. The largest absolute Gasteiger partial charge is 0.379 e. The second-order valence-electron chi connectivity index (χ2n) is 7.37. The first-order valence-electron chi connectivity index (χ1n) is 9.82. The van der Waals surface area contributed by atoms with Crippen LogP contribution in [0.3, 0.4) is 0 Å². The molecule has 4 rings (SSSR count). The van der Waals surface area contributed by atoms with E-state index in [2.05, 4.69) is 5.32 Å². The van der Waals surface area contributed by atoms with E-state index in [-0.39, 0.29) is 27.6 Å². The summed E-state index contributed by atoms with van der Waals surface area (Å²) in [4.78, 5) is 34.5. The number of fused-ring (bicyclic) bond motifs is 1. The number of carbonyl (C=O) groups excluding carboxylic acids is 1. The number of carbonyl (C=O) groups is 1. The van der Waals surface area contributed by atoms with E-state index in [0.717, 1.165) is 11.6 Å². The lowest BCUT2D eigenvalue weighted by Crippen LogP contribution is -2.19. The van der Waals surface area contributed by atoms with Gasteiger partial charge in [0, 0.05) is 37.5 Å². The third-order valence-electron chi connectivity index (χ3n) is 5.17. The molecule has 0 saturated carbocycles. The fourth-order valence-electron chi connectivity index (χ4n) is 3.38. The first-order valence-corrected chi connectivity index (χ1v) is 11.2. The Morgan fingerprint density at radius 3 is 2.32 bits per heavy atom. The number of non-ortho nitro benzene ring substituents is 1. The minimum absolute atomic E-state index is 0.0660. The molecule has 1 N–H and O–H groups in total. The van der Waals surface area contributed by atoms with Gasteiger partial charge in [0.05, 0.1) is 16.0 Å². The van der Waals surface area contributed by atoms with Crippen molar-refractivity contribution in [3.8, 4) is 5.75 Å². The van der Waals surface area contributed by atoms with Gasteiger partial charge in [0.2, 0.25) is 0 Å². The molecule has 0 radical (unpaired) electrons. The highest BCUT2D eigenvalue weighted by Gasteiger charge is 2.20. The molecule has 0 saturated heterocycles. The summed E-state index contributed by atoms with van der Waals surface area (Å²) in [6.07, 6.45) is 0. The van der Waals surface area contributed by atoms with E-state index in [1.54, 1.807) is 32.3 Å². The Balaban J connectivity index is 1.50. The number of imidazole rings is 1. The lowest BCUT2D eigenvalue weighted by molar-refractivity contribution is -0.385. The lowest BCUT2D eigenvalue weighted by Gasteiger charge is -2.09. The van der Waals surface area contributed by atoms with Crippen LogP contribution in [-0.4, -0.2) is 28.4 Å². The van der Waals surface area contributed by atoms with Gasteiger partial charge in [-0.05, 0) is 48.5 Å². The van der Waals surface area contributed by atoms with Gasteiger partial charge in [-0.15, -0.1) is 0 Å². The Bertz CT molecular complexity index is 1600. The minimum atomic E-state index is -4.31. The fourth-order valence-corrected chi connectivity index (χ4v) is 4.35. The van der Waals surface area contributed by atoms with Crippen LogP contribution in [0.25, 0.3) is 11.0 Å². The van der Waals surface area contributed by atoms with E-state index in [1.807, 2.05) is 0 Å². The average molecular weight is 482 g/mol. The van der Waals surface area contributed by atoms with Crippen molar-refractivity contribution < 1.29 is 22.3 Å². The summed E-state index contributed by atoms with van der Waals surface area (Å²) in [6, 6.07) is 14.9. The normalized spacial score (nSPS) is 11.4. The van der Waals surface area contributed by atoms with Crippen LogP contribution in [-0.2, 0) is 24.2 Å². The van der Waals surface area contributed by atoms with E-state index >= 15 is 0 Å². The number of aromatic nitrogens is 2. The summed E-state index contributed by atoms with van der Waals surface area (Å²) < 4.78 is 32.9. The third kappa shape index (κ3) is 4.26. The smallest absolute Gasteiger partial charge is 0.339 e. The van der Waals surface area contributed by atoms with Gasteiger partial charge in [-0.2, -0.15) is 8.42 Å². The van der Waals surface area contributed by atoms with Gasteiger partial charge in [0.25, 0.3) is 11.6 Å². The number of anilines is 1. The van der Waals surface area contributed by atoms with Crippen molar-refractivity contribution in [2.24, 2.45) is 14.1 Å². The SMILES string of the molecule is Cn1c(=O)n(C)c2cc(NC(=O)c3ccc(OS(=O)(=O)c4cccc([N+](=O)[O-])c4)cc3)ccc21. The van der Waals surface area contributed by atoms with E-state index in [1.165, 1.54) is 51.6 Å². The van der Waals surface area contributed by atoms with Crippen LogP contribution in [0.15, 0.2) is 76.4 Å². The van der Waals surface area contributed by atoms with Crippen LogP contribution in [0.1, 0.15) is 10.4 Å². The predicted octanol–water partition coefficient (Wildman–Crippen LogP) is 2.81. The van der Waals surface area contributed by atoms with Crippen molar-refractivity contribution in [2.45, 2.75) is 4.90 Å². The van der Waals surface area contributed by atoms with Crippen molar-refractivity contribution >= 4 is 38.4 Å². The van der Waals surface area contributed by atoms with Crippen LogP contribution in [0.5, 0.6) is 5.75 Å². The molecule has 1 aromatic heterocycles. The second kappa shape index (κ2) is 8.48. The molecular formula is C22H18N4O7S. The Hall–Kier alpha value is -4.45. The molecule has 0 spiro atoms. The van der Waals surface area contributed by atoms with Crippen LogP contribution in [0.4, 0.5) is 11.4 Å². The summed E-state index contributed by atoms with van der Waals surface area (Å²) >= 11 is 0. The van der Waals surface area contributed by atoms with Gasteiger partial charge in [-0.1, -0.05) is 6.07 Å². The number of nitrogens with one attached hydrogen (secondary N) is 1. The molecule has 1 heterocycles. The van der Waals surface area contributed by atoms with Crippen molar-refractivity contribution in [3.05, 3.63) is 92.9 Å². The lowest BCUT2D eigenvalue weighted by atomic mass is 10.2. The summed E-state index contributed by atoms with van der Waals surface area (Å²) in [5.74, 6) is -0.517. The molecule has 0 atom stereocenters. The quantitative estimate of drug-likeness (QED) is 0.253. The number of aryl methyl sites for hydroxylation is 2. The molecule has 0 aliphatic rings. The Morgan fingerprint density at radius 2 is 1.65 bits per heavy atom. The molecule has 3 aromatic carbocycles. The molecule has 34 heavy (non-hydrogen) atoms. The zero-order valence-electron chi connectivity index (χ0n) is 18.0. The molecule has 174 valence electrons. The molecule has 4 aromatic rings. The number of amides is 1. The Labute approximate surface area is 193 Å². The molecule has 0 unspecified atom stereocenters. The number of rotatable bonds is 6. The fraction of sp³-hybridized carbons (Fsp3) is 0.0909. The van der Waals surface area contributed by atoms with Crippen LogP contribution >= 0.6 is 0 Å². The highest BCUT2D eigenvalue weighted by Crippen LogP contribution is 2.23. The van der Waals surface area contributed by atoms with Gasteiger partial charge < -0.3 is 9.50 Å². The molecule has 0 aliphatic heterocycles. The summed E-state index contributed by atoms with van der Waals surface area (Å²) in [5, 5.41) is 13.6. The van der Waals surface area contributed by atoms with Gasteiger partial charge >= 0.3 is 15.8 Å². The predicted molar refractivity (Wildman–Crippen MR) is 123 cm³/mol. The maximum absolute atomic E-state index is 12.6. The highest BCUT2D eigenvalue weighted by molar-refractivity contribution is 7.87. The standard InChI is InChI=1S/C22H18N4O7S/c1-24-19-11-8-15(12-20(19)25(2)22(24)28)23-21(27)14-6-9-17(10-7-14)33-34(31,32)18-5-3-4-16(13-18)26(29)30/h3-13H,1-2H3,(H,23,27). The maximum Gasteiger partial charge on any atom is 0.339 e. The summed E-state index contributed by atoms with van der Waals surface area (Å²) in [6.45, 7) is 0. The van der Waals surface area contributed by atoms with Gasteiger partial charge in [-0.3, -0.25) is 24.0 Å². The van der Waals surface area contributed by atoms with Gasteiger partial charge in [0.15, 0.2) is 0 Å². The topological polar surface area (TPSA) is 143 Å². The number of benzene rings is 3. The third-order valence-corrected chi connectivity index (χ3v) is 6.41. The summed E-state index contributed by atoms with van der Waals surface area (Å²) in [7, 11) is -1.02. The van der Waals surface area contributed by atoms with Crippen molar-refractivity contribution in [2.75, 3.05) is 5.32 Å². The van der Waals surface area contributed by atoms with E-state index in [9.17, 15) is 28.1 Å². The van der Waals surface area contributed by atoms with Crippen LogP contribution < -0.4 is 15.2 Å². The molecule has 12 heteroatoms. The van der Waals surface area contributed by atoms with Crippen LogP contribution in [0.2, 0.25) is 0 Å². The van der Waals surface area contributed by atoms with Crippen molar-refractivity contribution in [1.29, 1.82) is 0 Å². The number of hydrogen-bond acceptors (Lipinski definition) is 7. The molecule has 11 nitrogen and oxygen atoms in total. The number of nitro benzene ring substituents is 1. The van der Waals surface area contributed by atoms with E-state index in [0.29, 0.717) is 11.2 Å². The van der Waals surface area contributed by atoms with Crippen LogP contribution in [0, 0.1) is 10.1 Å². The van der Waals surface area contributed by atoms with Gasteiger partial charge in [-0.25, -0.2) is 4.79 Å². The molecular weight excluding hydrogens is 464 g/mol. The van der Waals surface area contributed by atoms with E-state index < -0.39 is 20.9 Å².